The number of hydrogen-bond acceptors (Lipinski definition) is 2. The van der Waals surface area contributed by atoms with Crippen molar-refractivity contribution in [2.75, 3.05) is 4.90 Å². The summed E-state index contributed by atoms with van der Waals surface area (Å²) in [4.78, 5) is 18.9. The van der Waals surface area contributed by atoms with Gasteiger partial charge in [0.15, 0.2) is 0 Å². The van der Waals surface area contributed by atoms with Crippen molar-refractivity contribution in [3.05, 3.63) is 90.3 Å². The van der Waals surface area contributed by atoms with Crippen LogP contribution >= 0.6 is 0 Å². The molecule has 1 amide bonds. The molecule has 1 aliphatic rings. The number of benzene rings is 2. The van der Waals surface area contributed by atoms with Crippen LogP contribution in [0, 0.1) is 0 Å². The zero-order valence-electron chi connectivity index (χ0n) is 12.4. The number of carbonyl (C=O) groups excluding carboxylic acids is 1. The third-order valence-corrected chi connectivity index (χ3v) is 3.88. The van der Waals surface area contributed by atoms with Crippen LogP contribution < -0.4 is 4.90 Å². The van der Waals surface area contributed by atoms with Crippen LogP contribution in [0.2, 0.25) is 0 Å². The molecule has 0 bridgehead atoms. The molecule has 2 aromatic carbocycles. The van der Waals surface area contributed by atoms with E-state index in [0.717, 1.165) is 22.5 Å². The Hall–Kier alpha value is -3.20. The molecular formula is C20H14N2O. The standard InChI is InChI=1S/C20H14N2O/c23-20-18(13-15-7-6-12-21-14-15)17-10-4-5-11-19(17)22(20)16-8-2-1-3-9-16/h1-14H/b18-13-. The Morgan fingerprint density at radius 1 is 0.870 bits per heavy atom. The van der Waals surface area contributed by atoms with Crippen molar-refractivity contribution in [3.8, 4) is 0 Å². The van der Waals surface area contributed by atoms with Crippen molar-refractivity contribution < 1.29 is 4.79 Å². The summed E-state index contributed by atoms with van der Waals surface area (Å²) in [5.74, 6) is -0.0127. The first-order chi connectivity index (χ1) is 11.3. The van der Waals surface area contributed by atoms with E-state index in [1.807, 2.05) is 72.8 Å². The summed E-state index contributed by atoms with van der Waals surface area (Å²) in [6.45, 7) is 0. The lowest BCUT2D eigenvalue weighted by molar-refractivity contribution is -0.112. The minimum Gasteiger partial charge on any atom is -0.276 e. The zero-order valence-corrected chi connectivity index (χ0v) is 12.4. The number of hydrogen-bond donors (Lipinski definition) is 0. The molecule has 3 heteroatoms. The van der Waals surface area contributed by atoms with Gasteiger partial charge in [-0.05, 0) is 35.9 Å². The van der Waals surface area contributed by atoms with Crippen LogP contribution in [0.25, 0.3) is 11.6 Å². The summed E-state index contributed by atoms with van der Waals surface area (Å²) in [6.07, 6.45) is 5.38. The Morgan fingerprint density at radius 3 is 2.43 bits per heavy atom. The van der Waals surface area contributed by atoms with Gasteiger partial charge in [0.1, 0.15) is 0 Å². The number of carbonyl (C=O) groups is 1. The molecule has 23 heavy (non-hydrogen) atoms. The van der Waals surface area contributed by atoms with Gasteiger partial charge in [0.25, 0.3) is 5.91 Å². The molecule has 0 spiro atoms. The van der Waals surface area contributed by atoms with E-state index in [1.165, 1.54) is 0 Å². The van der Waals surface area contributed by atoms with Gasteiger partial charge in [-0.3, -0.25) is 14.7 Å². The maximum absolute atomic E-state index is 13.0. The van der Waals surface area contributed by atoms with Gasteiger partial charge in [-0.1, -0.05) is 42.5 Å². The largest absolute Gasteiger partial charge is 0.276 e. The Labute approximate surface area is 134 Å². The van der Waals surface area contributed by atoms with E-state index in [2.05, 4.69) is 4.98 Å². The Balaban J connectivity index is 1.87. The van der Waals surface area contributed by atoms with Crippen LogP contribution in [0.3, 0.4) is 0 Å². The lowest BCUT2D eigenvalue weighted by Gasteiger charge is -2.16. The predicted octanol–water partition coefficient (Wildman–Crippen LogP) is 4.30. The second-order valence-electron chi connectivity index (χ2n) is 5.34. The first-order valence-corrected chi connectivity index (χ1v) is 7.45. The van der Waals surface area contributed by atoms with Crippen LogP contribution in [0.15, 0.2) is 79.1 Å². The molecule has 0 aliphatic carbocycles. The SMILES string of the molecule is O=C1/C(=C\c2cccnc2)c2ccccc2N1c1ccccc1. The highest BCUT2D eigenvalue weighted by Gasteiger charge is 2.32. The maximum Gasteiger partial charge on any atom is 0.263 e. The van der Waals surface area contributed by atoms with E-state index in [4.69, 9.17) is 0 Å². The van der Waals surface area contributed by atoms with Gasteiger partial charge in [0.05, 0.1) is 11.3 Å². The first-order valence-electron chi connectivity index (χ1n) is 7.45. The van der Waals surface area contributed by atoms with Gasteiger partial charge >= 0.3 is 0 Å². The normalized spacial score (nSPS) is 15.0. The summed E-state index contributed by atoms with van der Waals surface area (Å²) < 4.78 is 0. The van der Waals surface area contributed by atoms with E-state index in [-0.39, 0.29) is 5.91 Å². The zero-order chi connectivity index (χ0) is 15.6. The number of amides is 1. The third kappa shape index (κ3) is 2.32. The fourth-order valence-corrected chi connectivity index (χ4v) is 2.84. The number of fused-ring (bicyclic) bond motifs is 1. The topological polar surface area (TPSA) is 33.2 Å². The average molecular weight is 298 g/mol. The first kappa shape index (κ1) is 13.5. The summed E-state index contributed by atoms with van der Waals surface area (Å²) in [6, 6.07) is 21.4. The van der Waals surface area contributed by atoms with Gasteiger partial charge < -0.3 is 0 Å². The summed E-state index contributed by atoms with van der Waals surface area (Å²) in [5, 5.41) is 0. The molecule has 0 radical (unpaired) electrons. The van der Waals surface area contributed by atoms with Crippen molar-refractivity contribution in [1.29, 1.82) is 0 Å². The molecule has 2 heterocycles. The van der Waals surface area contributed by atoms with Crippen molar-refractivity contribution >= 4 is 28.9 Å². The molecule has 3 nitrogen and oxygen atoms in total. The van der Waals surface area contributed by atoms with Gasteiger partial charge in [0.2, 0.25) is 0 Å². The van der Waals surface area contributed by atoms with Crippen molar-refractivity contribution in [1.82, 2.24) is 4.98 Å². The molecule has 110 valence electrons. The van der Waals surface area contributed by atoms with Crippen LogP contribution in [-0.4, -0.2) is 10.9 Å². The molecule has 0 atom stereocenters. The Bertz CT molecular complexity index is 886. The fourth-order valence-electron chi connectivity index (χ4n) is 2.84. The number of para-hydroxylation sites is 2. The van der Waals surface area contributed by atoms with E-state index in [1.54, 1.807) is 17.3 Å². The van der Waals surface area contributed by atoms with Crippen LogP contribution in [0.5, 0.6) is 0 Å². The average Bonchev–Trinajstić information content (AvgIpc) is 2.89. The molecule has 0 N–H and O–H groups in total. The smallest absolute Gasteiger partial charge is 0.263 e. The monoisotopic (exact) mass is 298 g/mol. The molecule has 1 aromatic heterocycles. The highest BCUT2D eigenvalue weighted by Crippen LogP contribution is 2.41. The molecule has 0 saturated carbocycles. The summed E-state index contributed by atoms with van der Waals surface area (Å²) in [5.41, 5.74) is 4.35. The highest BCUT2D eigenvalue weighted by atomic mass is 16.2. The number of anilines is 2. The predicted molar refractivity (Wildman–Crippen MR) is 92.1 cm³/mol. The van der Waals surface area contributed by atoms with E-state index >= 15 is 0 Å². The number of pyridine rings is 1. The number of nitrogens with zero attached hydrogens (tertiary/aromatic N) is 2. The van der Waals surface area contributed by atoms with E-state index in [9.17, 15) is 4.79 Å². The van der Waals surface area contributed by atoms with Gasteiger partial charge in [-0.15, -0.1) is 0 Å². The Morgan fingerprint density at radius 2 is 1.65 bits per heavy atom. The molecule has 0 unspecified atom stereocenters. The second kappa shape index (κ2) is 5.54. The lowest BCUT2D eigenvalue weighted by Crippen LogP contribution is -2.20. The minimum atomic E-state index is -0.0127. The highest BCUT2D eigenvalue weighted by molar-refractivity contribution is 6.37. The lowest BCUT2D eigenvalue weighted by atomic mass is 10.1. The molecule has 4 rings (SSSR count). The summed E-state index contributed by atoms with van der Waals surface area (Å²) >= 11 is 0. The molecule has 1 aliphatic heterocycles. The van der Waals surface area contributed by atoms with Crippen molar-refractivity contribution in [3.63, 3.8) is 0 Å². The molecule has 0 saturated heterocycles. The number of aromatic nitrogens is 1. The Kier molecular flexibility index (Phi) is 3.24. The van der Waals surface area contributed by atoms with Gasteiger partial charge in [0, 0.05) is 23.6 Å². The van der Waals surface area contributed by atoms with Gasteiger partial charge in [-0.2, -0.15) is 0 Å². The second-order valence-corrected chi connectivity index (χ2v) is 5.34. The van der Waals surface area contributed by atoms with Crippen LogP contribution in [-0.2, 0) is 4.79 Å². The van der Waals surface area contributed by atoms with Crippen LogP contribution in [0.4, 0.5) is 11.4 Å². The molecular weight excluding hydrogens is 284 g/mol. The summed E-state index contributed by atoms with van der Waals surface area (Å²) in [7, 11) is 0. The van der Waals surface area contributed by atoms with E-state index < -0.39 is 0 Å². The maximum atomic E-state index is 13.0. The molecule has 0 fully saturated rings. The third-order valence-electron chi connectivity index (χ3n) is 3.88. The van der Waals surface area contributed by atoms with Crippen molar-refractivity contribution in [2.24, 2.45) is 0 Å². The van der Waals surface area contributed by atoms with Crippen molar-refractivity contribution in [2.45, 2.75) is 0 Å². The number of rotatable bonds is 2. The minimum absolute atomic E-state index is 0.0127. The fraction of sp³-hybridized carbons (Fsp3) is 0. The molecule has 3 aromatic rings. The van der Waals surface area contributed by atoms with E-state index in [0.29, 0.717) is 5.57 Å². The quantitative estimate of drug-likeness (QED) is 0.661. The van der Waals surface area contributed by atoms with Gasteiger partial charge in [-0.25, -0.2) is 0 Å². The van der Waals surface area contributed by atoms with Crippen LogP contribution in [0.1, 0.15) is 11.1 Å².